The van der Waals surface area contributed by atoms with E-state index in [-0.39, 0.29) is 24.1 Å². The lowest BCUT2D eigenvalue weighted by Crippen LogP contribution is -2.22. The zero-order chi connectivity index (χ0) is 28.1. The van der Waals surface area contributed by atoms with Gasteiger partial charge in [0.15, 0.2) is 0 Å². The molecule has 0 aliphatic heterocycles. The lowest BCUT2D eigenvalue weighted by atomic mass is 10.1. The molecule has 39 heavy (non-hydrogen) atoms. The second kappa shape index (κ2) is 12.4. The number of aromatic hydroxyl groups is 1. The molecule has 4 rings (SSSR count). The zero-order valence-corrected chi connectivity index (χ0v) is 23.8. The van der Waals surface area contributed by atoms with Gasteiger partial charge in [-0.2, -0.15) is 5.10 Å². The van der Waals surface area contributed by atoms with Crippen LogP contribution >= 0.6 is 45.9 Å². The molecule has 0 atom stereocenters. The van der Waals surface area contributed by atoms with Crippen molar-refractivity contribution in [2.24, 2.45) is 5.10 Å². The second-order valence-corrected chi connectivity index (χ2v) is 11.1. The molecule has 8 nitrogen and oxygen atoms in total. The first-order chi connectivity index (χ1) is 18.6. The van der Waals surface area contributed by atoms with Crippen molar-refractivity contribution in [3.05, 3.63) is 90.9 Å². The normalized spacial score (nSPS) is 11.2. The van der Waals surface area contributed by atoms with E-state index in [9.17, 15) is 19.5 Å². The smallest absolute Gasteiger partial charge is 0.281 e. The summed E-state index contributed by atoms with van der Waals surface area (Å²) in [5.41, 5.74) is 5.59. The number of thiophene rings is 2. The van der Waals surface area contributed by atoms with E-state index in [1.165, 1.54) is 18.3 Å². The Labute approximate surface area is 242 Å². The standard InChI is InChI=1S/C27H22Cl2N4O4S2/c1-14(19-13-38-25(24(19)35)17-5-8-20(28)21(29)11-17)32-33-27(37)23-10-9-22(39-23)26(36)30-12-16-3-6-18(7-4-16)31-15(2)34/h3-11,13,35H,12H2,1-2H3,(H,30,36)(H,31,34)(H,33,37)/b32-14+. The highest BCUT2D eigenvalue weighted by molar-refractivity contribution is 7.16. The number of benzene rings is 2. The summed E-state index contributed by atoms with van der Waals surface area (Å²) in [7, 11) is 0. The summed E-state index contributed by atoms with van der Waals surface area (Å²) in [6.07, 6.45) is 0. The maximum absolute atomic E-state index is 12.6. The summed E-state index contributed by atoms with van der Waals surface area (Å²) >= 11 is 14.4. The van der Waals surface area contributed by atoms with Gasteiger partial charge in [0.2, 0.25) is 5.91 Å². The third-order valence-corrected chi connectivity index (χ3v) is 8.28. The minimum Gasteiger partial charge on any atom is -0.506 e. The Bertz CT molecular complexity index is 1580. The van der Waals surface area contributed by atoms with Gasteiger partial charge in [0, 0.05) is 24.5 Å². The Kier molecular flexibility index (Phi) is 9.03. The fraction of sp³-hybridized carbons (Fsp3) is 0.111. The van der Waals surface area contributed by atoms with Gasteiger partial charge in [-0.1, -0.05) is 41.4 Å². The molecular weight excluding hydrogens is 579 g/mol. The molecule has 0 radical (unpaired) electrons. The quantitative estimate of drug-likeness (QED) is 0.136. The fourth-order valence-electron chi connectivity index (χ4n) is 3.46. The SMILES string of the molecule is CC(=O)Nc1ccc(CNC(=O)c2ccc(C(=O)N/N=C(\C)c3csc(-c4ccc(Cl)c(Cl)c4)c3O)s2)cc1. The number of halogens is 2. The van der Waals surface area contributed by atoms with Crippen LogP contribution in [0.3, 0.4) is 0 Å². The number of carbonyl (C=O) groups excluding carboxylic acids is 3. The zero-order valence-electron chi connectivity index (χ0n) is 20.7. The monoisotopic (exact) mass is 600 g/mol. The largest absolute Gasteiger partial charge is 0.506 e. The van der Waals surface area contributed by atoms with E-state index >= 15 is 0 Å². The number of rotatable bonds is 8. The number of nitrogens with zero attached hydrogens (tertiary/aromatic N) is 1. The lowest BCUT2D eigenvalue weighted by Gasteiger charge is -2.06. The molecule has 0 fully saturated rings. The molecule has 2 aromatic heterocycles. The van der Waals surface area contributed by atoms with Crippen LogP contribution in [0.4, 0.5) is 5.69 Å². The van der Waals surface area contributed by atoms with Crippen LogP contribution in [0.5, 0.6) is 5.75 Å². The highest BCUT2D eigenvalue weighted by Gasteiger charge is 2.17. The number of hydrazone groups is 1. The van der Waals surface area contributed by atoms with Crippen LogP contribution in [0.15, 0.2) is 65.1 Å². The van der Waals surface area contributed by atoms with Crippen molar-refractivity contribution in [3.63, 3.8) is 0 Å². The molecule has 3 amide bonds. The van der Waals surface area contributed by atoms with E-state index < -0.39 is 5.91 Å². The first-order valence-corrected chi connectivity index (χ1v) is 13.9. The molecule has 12 heteroatoms. The predicted molar refractivity (Wildman–Crippen MR) is 157 cm³/mol. The van der Waals surface area contributed by atoms with Crippen LogP contribution in [0.1, 0.15) is 44.3 Å². The van der Waals surface area contributed by atoms with Gasteiger partial charge in [-0.25, -0.2) is 5.43 Å². The van der Waals surface area contributed by atoms with Crippen LogP contribution in [0.2, 0.25) is 10.0 Å². The summed E-state index contributed by atoms with van der Waals surface area (Å²) in [5, 5.41) is 22.9. The van der Waals surface area contributed by atoms with Gasteiger partial charge in [0.1, 0.15) is 5.75 Å². The number of hydrogen-bond acceptors (Lipinski definition) is 7. The van der Waals surface area contributed by atoms with Crippen LogP contribution in [0.25, 0.3) is 10.4 Å². The average molecular weight is 602 g/mol. The molecule has 0 unspecified atom stereocenters. The Morgan fingerprint density at radius 3 is 2.28 bits per heavy atom. The molecule has 0 saturated carbocycles. The number of amides is 3. The molecule has 4 N–H and O–H groups in total. The summed E-state index contributed by atoms with van der Waals surface area (Å²) < 4.78 is 0. The minimum atomic E-state index is -0.480. The summed E-state index contributed by atoms with van der Waals surface area (Å²) in [6, 6.07) is 15.3. The Hall–Kier alpha value is -3.70. The first-order valence-electron chi connectivity index (χ1n) is 11.5. The van der Waals surface area contributed by atoms with Gasteiger partial charge >= 0.3 is 0 Å². The minimum absolute atomic E-state index is 0.0220. The topological polar surface area (TPSA) is 120 Å². The van der Waals surface area contributed by atoms with Gasteiger partial charge < -0.3 is 15.7 Å². The molecule has 0 aliphatic carbocycles. The van der Waals surface area contributed by atoms with Crippen molar-refractivity contribution in [2.45, 2.75) is 20.4 Å². The van der Waals surface area contributed by atoms with Crippen LogP contribution < -0.4 is 16.1 Å². The van der Waals surface area contributed by atoms with Gasteiger partial charge in [-0.15, -0.1) is 22.7 Å². The molecule has 0 aliphatic rings. The number of anilines is 1. The van der Waals surface area contributed by atoms with Crippen molar-refractivity contribution in [2.75, 3.05) is 5.32 Å². The molecule has 2 heterocycles. The lowest BCUT2D eigenvalue weighted by molar-refractivity contribution is -0.114. The first kappa shape index (κ1) is 28.3. The van der Waals surface area contributed by atoms with Crippen molar-refractivity contribution >= 4 is 75.0 Å². The van der Waals surface area contributed by atoms with E-state index in [4.69, 9.17) is 23.2 Å². The second-order valence-electron chi connectivity index (χ2n) is 8.32. The third kappa shape index (κ3) is 7.04. The van der Waals surface area contributed by atoms with E-state index in [2.05, 4.69) is 21.2 Å². The van der Waals surface area contributed by atoms with E-state index in [1.54, 1.807) is 66.9 Å². The van der Waals surface area contributed by atoms with Crippen molar-refractivity contribution < 1.29 is 19.5 Å². The summed E-state index contributed by atoms with van der Waals surface area (Å²) in [6.45, 7) is 3.38. The molecule has 0 bridgehead atoms. The molecular formula is C27H22Cl2N4O4S2. The number of carbonyl (C=O) groups is 3. The summed E-state index contributed by atoms with van der Waals surface area (Å²) in [4.78, 5) is 37.6. The Morgan fingerprint density at radius 1 is 0.923 bits per heavy atom. The number of nitrogens with one attached hydrogen (secondary N) is 3. The van der Waals surface area contributed by atoms with Crippen molar-refractivity contribution in [3.8, 4) is 16.2 Å². The fourth-order valence-corrected chi connectivity index (χ4v) is 5.57. The third-order valence-electron chi connectivity index (χ3n) is 5.44. The van der Waals surface area contributed by atoms with Crippen LogP contribution in [0, 0.1) is 0 Å². The van der Waals surface area contributed by atoms with Crippen molar-refractivity contribution in [1.82, 2.24) is 10.7 Å². The van der Waals surface area contributed by atoms with Gasteiger partial charge in [0.05, 0.1) is 36.0 Å². The molecule has 4 aromatic rings. The predicted octanol–water partition coefficient (Wildman–Crippen LogP) is 6.53. The van der Waals surface area contributed by atoms with Crippen LogP contribution in [-0.4, -0.2) is 28.5 Å². The molecule has 0 spiro atoms. The number of hydrogen-bond donors (Lipinski definition) is 4. The highest BCUT2D eigenvalue weighted by Crippen LogP contribution is 2.40. The maximum Gasteiger partial charge on any atom is 0.281 e. The average Bonchev–Trinajstić information content (AvgIpc) is 3.55. The van der Waals surface area contributed by atoms with E-state index in [0.717, 1.165) is 16.9 Å². The van der Waals surface area contributed by atoms with Gasteiger partial charge in [-0.05, 0) is 54.4 Å². The maximum atomic E-state index is 12.6. The summed E-state index contributed by atoms with van der Waals surface area (Å²) in [5.74, 6) is -0.934. The van der Waals surface area contributed by atoms with E-state index in [0.29, 0.717) is 47.2 Å². The Balaban J connectivity index is 1.35. The van der Waals surface area contributed by atoms with E-state index in [1.807, 2.05) is 0 Å². The molecule has 2 aromatic carbocycles. The highest BCUT2D eigenvalue weighted by atomic mass is 35.5. The van der Waals surface area contributed by atoms with Gasteiger partial charge in [-0.3, -0.25) is 14.4 Å². The van der Waals surface area contributed by atoms with Crippen LogP contribution in [-0.2, 0) is 11.3 Å². The van der Waals surface area contributed by atoms with Crippen molar-refractivity contribution in [1.29, 1.82) is 0 Å². The van der Waals surface area contributed by atoms with Gasteiger partial charge in [0.25, 0.3) is 11.8 Å². The Morgan fingerprint density at radius 2 is 1.62 bits per heavy atom. The molecule has 0 saturated heterocycles. The molecule has 200 valence electrons.